The lowest BCUT2D eigenvalue weighted by molar-refractivity contribution is 0.00578. The SMILES string of the molecule is CCCCNC(=O)c1cccc2c(B3OC(C)(C)C(C)(C)O3)cccc12. The van der Waals surface area contributed by atoms with Crippen molar-refractivity contribution < 1.29 is 14.1 Å². The summed E-state index contributed by atoms with van der Waals surface area (Å²) in [7, 11) is -0.442. The summed E-state index contributed by atoms with van der Waals surface area (Å²) in [5.41, 5.74) is 0.866. The standard InChI is InChI=1S/C21H28BNO3/c1-6-7-14-23-19(24)17-12-8-11-16-15(17)10-9-13-18(16)22-25-20(2,3)21(4,5)26-22/h8-13H,6-7,14H2,1-5H3,(H,23,24). The van der Waals surface area contributed by atoms with Gasteiger partial charge in [0.25, 0.3) is 5.91 Å². The fourth-order valence-electron chi connectivity index (χ4n) is 3.18. The van der Waals surface area contributed by atoms with Crippen molar-refractivity contribution in [2.24, 2.45) is 0 Å². The third-order valence-corrected chi connectivity index (χ3v) is 5.52. The normalized spacial score (nSPS) is 18.3. The molecule has 4 nitrogen and oxygen atoms in total. The van der Waals surface area contributed by atoms with Crippen LogP contribution in [0.2, 0.25) is 0 Å². The Balaban J connectivity index is 1.97. The summed E-state index contributed by atoms with van der Waals surface area (Å²) in [6.45, 7) is 11.0. The number of rotatable bonds is 5. The van der Waals surface area contributed by atoms with Crippen LogP contribution in [-0.4, -0.2) is 30.8 Å². The van der Waals surface area contributed by atoms with Crippen LogP contribution in [0.4, 0.5) is 0 Å². The molecule has 1 amide bonds. The highest BCUT2D eigenvalue weighted by Crippen LogP contribution is 2.37. The Labute approximate surface area is 156 Å². The number of benzene rings is 2. The molecule has 0 aliphatic carbocycles. The van der Waals surface area contributed by atoms with Crippen LogP contribution in [0, 0.1) is 0 Å². The molecule has 138 valence electrons. The summed E-state index contributed by atoms with van der Waals surface area (Å²) < 4.78 is 12.4. The van der Waals surface area contributed by atoms with Crippen LogP contribution in [0.15, 0.2) is 36.4 Å². The van der Waals surface area contributed by atoms with Gasteiger partial charge < -0.3 is 14.6 Å². The van der Waals surface area contributed by atoms with E-state index < -0.39 is 18.3 Å². The largest absolute Gasteiger partial charge is 0.495 e. The predicted octanol–water partition coefficient (Wildman–Crippen LogP) is 3.67. The lowest BCUT2D eigenvalue weighted by Gasteiger charge is -2.32. The molecule has 0 atom stereocenters. The second kappa shape index (κ2) is 7.05. The van der Waals surface area contributed by atoms with Gasteiger partial charge >= 0.3 is 7.12 Å². The third kappa shape index (κ3) is 3.38. The van der Waals surface area contributed by atoms with E-state index in [9.17, 15) is 4.79 Å². The van der Waals surface area contributed by atoms with Crippen molar-refractivity contribution in [3.05, 3.63) is 42.0 Å². The number of carbonyl (C=O) groups excluding carboxylic acids is 1. The van der Waals surface area contributed by atoms with Crippen molar-refractivity contribution in [1.82, 2.24) is 5.32 Å². The van der Waals surface area contributed by atoms with Crippen LogP contribution < -0.4 is 10.8 Å². The fraction of sp³-hybridized carbons (Fsp3) is 0.476. The van der Waals surface area contributed by atoms with Gasteiger partial charge in [-0.05, 0) is 56.4 Å². The van der Waals surface area contributed by atoms with E-state index in [2.05, 4.69) is 12.2 Å². The van der Waals surface area contributed by atoms with Crippen molar-refractivity contribution in [3.8, 4) is 0 Å². The average molecular weight is 353 g/mol. The molecule has 1 aliphatic heterocycles. The highest BCUT2D eigenvalue weighted by Gasteiger charge is 2.52. The second-order valence-electron chi connectivity index (χ2n) is 7.95. The zero-order valence-corrected chi connectivity index (χ0v) is 16.4. The lowest BCUT2D eigenvalue weighted by Crippen LogP contribution is -2.41. The maximum atomic E-state index is 12.6. The molecule has 1 fully saturated rings. The number of unbranched alkanes of at least 4 members (excludes halogenated alkanes) is 1. The van der Waals surface area contributed by atoms with Crippen molar-refractivity contribution in [3.63, 3.8) is 0 Å². The van der Waals surface area contributed by atoms with Gasteiger partial charge in [-0.1, -0.05) is 43.7 Å². The van der Waals surface area contributed by atoms with Gasteiger partial charge in [0.05, 0.1) is 11.2 Å². The van der Waals surface area contributed by atoms with Gasteiger partial charge in [0.15, 0.2) is 0 Å². The van der Waals surface area contributed by atoms with Gasteiger partial charge in [-0.3, -0.25) is 4.79 Å². The Kier molecular flexibility index (Phi) is 5.13. The summed E-state index contributed by atoms with van der Waals surface area (Å²) in [5, 5.41) is 4.93. The number of fused-ring (bicyclic) bond motifs is 1. The highest BCUT2D eigenvalue weighted by atomic mass is 16.7. The number of hydrogen-bond donors (Lipinski definition) is 1. The zero-order chi connectivity index (χ0) is 18.9. The predicted molar refractivity (Wildman–Crippen MR) is 107 cm³/mol. The molecule has 1 saturated heterocycles. The molecule has 3 rings (SSSR count). The minimum absolute atomic E-state index is 0.0323. The third-order valence-electron chi connectivity index (χ3n) is 5.52. The Morgan fingerprint density at radius 2 is 1.62 bits per heavy atom. The summed E-state index contributed by atoms with van der Waals surface area (Å²) in [6.07, 6.45) is 2.04. The second-order valence-corrected chi connectivity index (χ2v) is 7.95. The molecule has 1 aliphatic rings. The maximum Gasteiger partial charge on any atom is 0.495 e. The van der Waals surface area contributed by atoms with Crippen LogP contribution in [0.5, 0.6) is 0 Å². The van der Waals surface area contributed by atoms with Crippen LogP contribution in [0.3, 0.4) is 0 Å². The summed E-state index contributed by atoms with van der Waals surface area (Å²) in [5.74, 6) is -0.0323. The van der Waals surface area contributed by atoms with Crippen LogP contribution >= 0.6 is 0 Å². The quantitative estimate of drug-likeness (QED) is 0.659. The van der Waals surface area contributed by atoms with E-state index in [-0.39, 0.29) is 5.91 Å². The van der Waals surface area contributed by atoms with E-state index >= 15 is 0 Å². The van der Waals surface area contributed by atoms with Crippen molar-refractivity contribution in [2.45, 2.75) is 58.7 Å². The molecule has 0 bridgehead atoms. The molecule has 26 heavy (non-hydrogen) atoms. The monoisotopic (exact) mass is 353 g/mol. The smallest absolute Gasteiger partial charge is 0.399 e. The van der Waals surface area contributed by atoms with Gasteiger partial charge in [-0.15, -0.1) is 0 Å². The summed E-state index contributed by atoms with van der Waals surface area (Å²) >= 11 is 0. The van der Waals surface area contributed by atoms with Gasteiger partial charge in [-0.2, -0.15) is 0 Å². The molecule has 5 heteroatoms. The molecular weight excluding hydrogens is 325 g/mol. The van der Waals surface area contributed by atoms with Crippen LogP contribution in [0.25, 0.3) is 10.8 Å². The number of nitrogens with one attached hydrogen (secondary N) is 1. The number of carbonyl (C=O) groups is 1. The van der Waals surface area contributed by atoms with Crippen LogP contribution in [-0.2, 0) is 9.31 Å². The van der Waals surface area contributed by atoms with E-state index in [0.29, 0.717) is 12.1 Å². The van der Waals surface area contributed by atoms with E-state index in [4.69, 9.17) is 9.31 Å². The first-order valence-electron chi connectivity index (χ1n) is 9.42. The van der Waals surface area contributed by atoms with Crippen LogP contribution in [0.1, 0.15) is 57.8 Å². The van der Waals surface area contributed by atoms with Gasteiger partial charge in [0.1, 0.15) is 0 Å². The maximum absolute atomic E-state index is 12.6. The Morgan fingerprint density at radius 1 is 1.00 bits per heavy atom. The molecule has 0 saturated carbocycles. The van der Waals surface area contributed by atoms with Crippen molar-refractivity contribution in [1.29, 1.82) is 0 Å². The summed E-state index contributed by atoms with van der Waals surface area (Å²) in [6, 6.07) is 11.8. The Morgan fingerprint density at radius 3 is 2.27 bits per heavy atom. The topological polar surface area (TPSA) is 47.6 Å². The summed E-state index contributed by atoms with van der Waals surface area (Å²) in [4.78, 5) is 12.6. The first-order valence-corrected chi connectivity index (χ1v) is 9.42. The molecule has 2 aromatic rings. The van der Waals surface area contributed by atoms with Crippen molar-refractivity contribution in [2.75, 3.05) is 6.54 Å². The molecular formula is C21H28BNO3. The highest BCUT2D eigenvalue weighted by molar-refractivity contribution is 6.65. The molecule has 0 radical (unpaired) electrons. The fourth-order valence-corrected chi connectivity index (χ4v) is 3.18. The number of hydrogen-bond acceptors (Lipinski definition) is 3. The van der Waals surface area contributed by atoms with Gasteiger partial charge in [-0.25, -0.2) is 0 Å². The van der Waals surface area contributed by atoms with Gasteiger partial charge in [0.2, 0.25) is 0 Å². The molecule has 0 aromatic heterocycles. The van der Waals surface area contributed by atoms with E-state index in [1.807, 2.05) is 64.1 Å². The minimum Gasteiger partial charge on any atom is -0.399 e. The molecule has 1 N–H and O–H groups in total. The van der Waals surface area contributed by atoms with E-state index in [1.54, 1.807) is 0 Å². The first kappa shape index (κ1) is 18.9. The molecule has 2 aromatic carbocycles. The van der Waals surface area contributed by atoms with E-state index in [0.717, 1.165) is 29.1 Å². The Hall–Kier alpha value is -1.85. The van der Waals surface area contributed by atoms with Crippen molar-refractivity contribution >= 4 is 29.3 Å². The first-order chi connectivity index (χ1) is 12.3. The van der Waals surface area contributed by atoms with Gasteiger partial charge in [0, 0.05) is 12.1 Å². The Bertz CT molecular complexity index is 800. The molecule has 1 heterocycles. The molecule has 0 unspecified atom stereocenters. The minimum atomic E-state index is -0.442. The molecule has 0 spiro atoms. The lowest BCUT2D eigenvalue weighted by atomic mass is 9.75. The average Bonchev–Trinajstić information content (AvgIpc) is 2.81. The zero-order valence-electron chi connectivity index (χ0n) is 16.4. The van der Waals surface area contributed by atoms with E-state index in [1.165, 1.54) is 0 Å². The number of amides is 1.